The van der Waals surface area contributed by atoms with E-state index >= 15 is 0 Å². The van der Waals surface area contributed by atoms with Gasteiger partial charge in [0.2, 0.25) is 0 Å². The van der Waals surface area contributed by atoms with E-state index in [-0.39, 0.29) is 11.5 Å². The van der Waals surface area contributed by atoms with Crippen LogP contribution >= 0.6 is 0 Å². The first-order valence-electron chi connectivity index (χ1n) is 6.71. The van der Waals surface area contributed by atoms with Crippen molar-refractivity contribution in [3.8, 4) is 5.75 Å². The van der Waals surface area contributed by atoms with Gasteiger partial charge in [0.1, 0.15) is 5.75 Å². The van der Waals surface area contributed by atoms with Gasteiger partial charge in [-0.25, -0.2) is 0 Å². The van der Waals surface area contributed by atoms with Gasteiger partial charge in [-0.2, -0.15) is 0 Å². The first kappa shape index (κ1) is 13.2. The minimum atomic E-state index is 0.127. The molecule has 3 heteroatoms. The summed E-state index contributed by atoms with van der Waals surface area (Å²) in [5.74, 6) is 0.983. The average molecular weight is 248 g/mol. The molecule has 0 fully saturated rings. The molecule has 1 aromatic rings. The fourth-order valence-electron chi connectivity index (χ4n) is 2.10. The minimum Gasteiger partial charge on any atom is -0.491 e. The predicted molar refractivity (Wildman–Crippen MR) is 76.2 cm³/mol. The monoisotopic (exact) mass is 248 g/mol. The van der Waals surface area contributed by atoms with Gasteiger partial charge in [0.25, 0.3) is 0 Å². The predicted octanol–water partition coefficient (Wildman–Crippen LogP) is 2.65. The van der Waals surface area contributed by atoms with E-state index in [1.165, 1.54) is 5.69 Å². The highest BCUT2D eigenvalue weighted by molar-refractivity contribution is 5.59. The summed E-state index contributed by atoms with van der Waals surface area (Å²) in [5.41, 5.74) is 7.61. The van der Waals surface area contributed by atoms with Gasteiger partial charge in [0.05, 0.1) is 12.3 Å². The lowest BCUT2D eigenvalue weighted by molar-refractivity contribution is 0.316. The smallest absolute Gasteiger partial charge is 0.142 e. The molecule has 0 bridgehead atoms. The van der Waals surface area contributed by atoms with Gasteiger partial charge in [0.15, 0.2) is 0 Å². The highest BCUT2D eigenvalue weighted by atomic mass is 16.5. The van der Waals surface area contributed by atoms with Gasteiger partial charge >= 0.3 is 0 Å². The Bertz CT molecular complexity index is 398. The third kappa shape index (κ3) is 2.96. The van der Waals surface area contributed by atoms with Crippen molar-refractivity contribution in [2.75, 3.05) is 24.6 Å². The maximum absolute atomic E-state index is 6.31. The molecule has 1 aliphatic heterocycles. The Hall–Kier alpha value is -1.22. The molecular weight excluding hydrogens is 224 g/mol. The van der Waals surface area contributed by atoms with Gasteiger partial charge in [-0.1, -0.05) is 32.9 Å². The Morgan fingerprint density at radius 1 is 1.33 bits per heavy atom. The van der Waals surface area contributed by atoms with Crippen LogP contribution in [0.3, 0.4) is 0 Å². The zero-order valence-corrected chi connectivity index (χ0v) is 11.6. The van der Waals surface area contributed by atoms with Crippen molar-refractivity contribution in [2.24, 2.45) is 11.1 Å². The second kappa shape index (κ2) is 5.19. The Morgan fingerprint density at radius 3 is 2.78 bits per heavy atom. The number of para-hydroxylation sites is 2. The van der Waals surface area contributed by atoms with E-state index < -0.39 is 0 Å². The van der Waals surface area contributed by atoms with Gasteiger partial charge in [0, 0.05) is 19.1 Å². The van der Waals surface area contributed by atoms with E-state index in [0.29, 0.717) is 0 Å². The van der Waals surface area contributed by atoms with Crippen molar-refractivity contribution in [1.29, 1.82) is 0 Å². The maximum atomic E-state index is 6.31. The normalized spacial score (nSPS) is 17.7. The number of anilines is 1. The fraction of sp³-hybridized carbons (Fsp3) is 0.600. The minimum absolute atomic E-state index is 0.127. The molecule has 0 spiro atoms. The van der Waals surface area contributed by atoms with Gasteiger partial charge in [-0.05, 0) is 24.0 Å². The van der Waals surface area contributed by atoms with Crippen LogP contribution in [0.15, 0.2) is 24.3 Å². The summed E-state index contributed by atoms with van der Waals surface area (Å²) in [6, 6.07) is 8.39. The van der Waals surface area contributed by atoms with Crippen molar-refractivity contribution in [3.63, 3.8) is 0 Å². The number of fused-ring (bicyclic) bond motifs is 1. The third-order valence-electron chi connectivity index (χ3n) is 3.57. The van der Waals surface area contributed by atoms with Gasteiger partial charge < -0.3 is 15.4 Å². The second-order valence-corrected chi connectivity index (χ2v) is 6.09. The van der Waals surface area contributed by atoms with Crippen molar-refractivity contribution >= 4 is 5.69 Å². The molecule has 2 N–H and O–H groups in total. The molecule has 3 nitrogen and oxygen atoms in total. The molecule has 1 aromatic carbocycles. The lowest BCUT2D eigenvalue weighted by Gasteiger charge is -2.33. The Labute approximate surface area is 110 Å². The second-order valence-electron chi connectivity index (χ2n) is 6.09. The summed E-state index contributed by atoms with van der Waals surface area (Å²) in [4.78, 5) is 2.36. The zero-order valence-electron chi connectivity index (χ0n) is 11.6. The fourth-order valence-corrected chi connectivity index (χ4v) is 2.10. The summed E-state index contributed by atoms with van der Waals surface area (Å²) >= 11 is 0. The van der Waals surface area contributed by atoms with E-state index in [1.54, 1.807) is 0 Å². The number of rotatable bonds is 2. The molecule has 0 aromatic heterocycles. The van der Waals surface area contributed by atoms with Crippen LogP contribution in [0.5, 0.6) is 5.75 Å². The molecule has 18 heavy (non-hydrogen) atoms. The van der Waals surface area contributed by atoms with E-state index in [2.05, 4.69) is 37.8 Å². The topological polar surface area (TPSA) is 38.5 Å². The number of ether oxygens (including phenoxy) is 1. The first-order chi connectivity index (χ1) is 8.48. The summed E-state index contributed by atoms with van der Waals surface area (Å²) < 4.78 is 5.76. The molecule has 1 aliphatic rings. The van der Waals surface area contributed by atoms with Crippen LogP contribution in [0.4, 0.5) is 5.69 Å². The van der Waals surface area contributed by atoms with Crippen molar-refractivity contribution in [3.05, 3.63) is 24.3 Å². The van der Waals surface area contributed by atoms with Gasteiger partial charge in [-0.3, -0.25) is 0 Å². The summed E-state index contributed by atoms with van der Waals surface area (Å²) in [6.07, 6.45) is 1.05. The van der Waals surface area contributed by atoms with Crippen LogP contribution in [0, 0.1) is 5.41 Å². The highest BCUT2D eigenvalue weighted by Gasteiger charge is 2.25. The zero-order chi connectivity index (χ0) is 13.2. The molecule has 100 valence electrons. The van der Waals surface area contributed by atoms with E-state index in [0.717, 1.165) is 31.9 Å². The van der Waals surface area contributed by atoms with Crippen LogP contribution in [0.2, 0.25) is 0 Å². The SMILES string of the molecule is CC(C)(C)[C@H](N)CN1CCCOc2ccccc21. The number of hydrogen-bond donors (Lipinski definition) is 1. The summed E-state index contributed by atoms with van der Waals surface area (Å²) in [5, 5.41) is 0. The maximum Gasteiger partial charge on any atom is 0.142 e. The lowest BCUT2D eigenvalue weighted by atomic mass is 9.87. The largest absolute Gasteiger partial charge is 0.491 e. The molecule has 0 saturated heterocycles. The van der Waals surface area contributed by atoms with Gasteiger partial charge in [-0.15, -0.1) is 0 Å². The molecular formula is C15H24N2O. The Kier molecular flexibility index (Phi) is 3.81. The lowest BCUT2D eigenvalue weighted by Crippen LogP contribution is -2.45. The molecule has 0 aliphatic carbocycles. The standard InChI is InChI=1S/C15H24N2O/c1-15(2,3)14(16)11-17-9-6-10-18-13-8-5-4-7-12(13)17/h4-5,7-8,14H,6,9-11,16H2,1-3H3/t14-/m1/s1. The van der Waals surface area contributed by atoms with Crippen LogP contribution < -0.4 is 15.4 Å². The average Bonchev–Trinajstić information content (AvgIpc) is 2.51. The first-order valence-corrected chi connectivity index (χ1v) is 6.71. The number of benzene rings is 1. The molecule has 1 atom stereocenters. The van der Waals surface area contributed by atoms with Crippen LogP contribution in [0.25, 0.3) is 0 Å². The molecule has 1 heterocycles. The van der Waals surface area contributed by atoms with E-state index in [1.807, 2.05) is 12.1 Å². The number of hydrogen-bond acceptors (Lipinski definition) is 3. The Balaban J connectivity index is 2.18. The summed E-state index contributed by atoms with van der Waals surface area (Å²) in [6.45, 7) is 9.26. The highest BCUT2D eigenvalue weighted by Crippen LogP contribution is 2.31. The molecule has 2 rings (SSSR count). The Morgan fingerprint density at radius 2 is 2.06 bits per heavy atom. The van der Waals surface area contributed by atoms with Crippen molar-refractivity contribution < 1.29 is 4.74 Å². The van der Waals surface area contributed by atoms with Crippen LogP contribution in [-0.4, -0.2) is 25.7 Å². The third-order valence-corrected chi connectivity index (χ3v) is 3.57. The number of nitrogens with two attached hydrogens (primary N) is 1. The summed E-state index contributed by atoms with van der Waals surface area (Å²) in [7, 11) is 0. The molecule has 0 amide bonds. The molecule has 0 saturated carbocycles. The van der Waals surface area contributed by atoms with Crippen LogP contribution in [-0.2, 0) is 0 Å². The molecule has 0 radical (unpaired) electrons. The molecule has 0 unspecified atom stereocenters. The van der Waals surface area contributed by atoms with Crippen LogP contribution in [0.1, 0.15) is 27.2 Å². The van der Waals surface area contributed by atoms with E-state index in [4.69, 9.17) is 10.5 Å². The quantitative estimate of drug-likeness (QED) is 0.874. The van der Waals surface area contributed by atoms with E-state index in [9.17, 15) is 0 Å². The number of nitrogens with zero attached hydrogens (tertiary/aromatic N) is 1. The van der Waals surface area contributed by atoms with Crippen molar-refractivity contribution in [2.45, 2.75) is 33.2 Å². The van der Waals surface area contributed by atoms with Crippen molar-refractivity contribution in [1.82, 2.24) is 0 Å².